The van der Waals surface area contributed by atoms with Crippen molar-refractivity contribution in [2.75, 3.05) is 19.0 Å². The Labute approximate surface area is 99.0 Å². The van der Waals surface area contributed by atoms with Crippen LogP contribution >= 0.6 is 11.6 Å². The standard InChI is InChI=1S/C9H15ClN4O2/c1-5(2)6(4-15)11-8-12-7(10)13-9(14-8)16-3/h5-6,15H,4H2,1-3H3,(H,11,12,13,14). The Morgan fingerprint density at radius 1 is 1.38 bits per heavy atom. The minimum absolute atomic E-state index is 0.0106. The minimum atomic E-state index is -0.136. The van der Waals surface area contributed by atoms with Crippen molar-refractivity contribution in [1.29, 1.82) is 0 Å². The van der Waals surface area contributed by atoms with Gasteiger partial charge in [-0.1, -0.05) is 13.8 Å². The van der Waals surface area contributed by atoms with Crippen LogP contribution in [0.2, 0.25) is 5.28 Å². The minimum Gasteiger partial charge on any atom is -0.467 e. The second-order valence-corrected chi connectivity index (χ2v) is 3.93. The number of rotatable bonds is 5. The molecule has 6 nitrogen and oxygen atoms in total. The highest BCUT2D eigenvalue weighted by Crippen LogP contribution is 2.13. The van der Waals surface area contributed by atoms with Gasteiger partial charge in [-0.15, -0.1) is 0 Å². The predicted molar refractivity (Wildman–Crippen MR) is 60.7 cm³/mol. The van der Waals surface area contributed by atoms with Crippen LogP contribution < -0.4 is 10.1 Å². The molecule has 90 valence electrons. The van der Waals surface area contributed by atoms with E-state index in [2.05, 4.69) is 20.3 Å². The van der Waals surface area contributed by atoms with E-state index in [1.807, 2.05) is 13.8 Å². The molecule has 0 spiro atoms. The molecule has 1 atom stereocenters. The van der Waals surface area contributed by atoms with Gasteiger partial charge >= 0.3 is 6.01 Å². The Balaban J connectivity index is 2.83. The van der Waals surface area contributed by atoms with Gasteiger partial charge in [-0.25, -0.2) is 0 Å². The Kier molecular flexibility index (Phi) is 4.70. The van der Waals surface area contributed by atoms with E-state index in [9.17, 15) is 0 Å². The molecule has 16 heavy (non-hydrogen) atoms. The summed E-state index contributed by atoms with van der Waals surface area (Å²) in [5, 5.41) is 12.2. The fourth-order valence-corrected chi connectivity index (χ4v) is 1.23. The monoisotopic (exact) mass is 246 g/mol. The van der Waals surface area contributed by atoms with E-state index >= 15 is 0 Å². The first-order valence-electron chi connectivity index (χ1n) is 4.89. The van der Waals surface area contributed by atoms with Crippen LogP contribution in [-0.4, -0.2) is 39.8 Å². The number of aliphatic hydroxyl groups is 1. The third-order valence-corrected chi connectivity index (χ3v) is 2.26. The first-order chi connectivity index (χ1) is 7.56. The lowest BCUT2D eigenvalue weighted by molar-refractivity contribution is 0.248. The summed E-state index contributed by atoms with van der Waals surface area (Å²) in [5.74, 6) is 0.538. The van der Waals surface area contributed by atoms with Gasteiger partial charge in [0.25, 0.3) is 0 Å². The zero-order valence-corrected chi connectivity index (χ0v) is 10.2. The molecule has 7 heteroatoms. The molecular formula is C9H15ClN4O2. The van der Waals surface area contributed by atoms with E-state index in [1.165, 1.54) is 7.11 Å². The maximum absolute atomic E-state index is 9.16. The van der Waals surface area contributed by atoms with Crippen molar-refractivity contribution in [3.8, 4) is 6.01 Å². The number of aromatic nitrogens is 3. The fraction of sp³-hybridized carbons (Fsp3) is 0.667. The average Bonchev–Trinajstić information content (AvgIpc) is 2.24. The van der Waals surface area contributed by atoms with Crippen LogP contribution in [0.3, 0.4) is 0 Å². The van der Waals surface area contributed by atoms with Crippen LogP contribution in [0.5, 0.6) is 6.01 Å². The third kappa shape index (κ3) is 3.46. The van der Waals surface area contributed by atoms with Crippen LogP contribution in [0, 0.1) is 5.92 Å². The van der Waals surface area contributed by atoms with Crippen LogP contribution in [-0.2, 0) is 0 Å². The number of hydrogen-bond acceptors (Lipinski definition) is 6. The van der Waals surface area contributed by atoms with Gasteiger partial charge in [0.1, 0.15) is 0 Å². The summed E-state index contributed by atoms with van der Waals surface area (Å²) >= 11 is 5.69. The fourth-order valence-electron chi connectivity index (χ4n) is 1.08. The lowest BCUT2D eigenvalue weighted by Gasteiger charge is -2.19. The van der Waals surface area contributed by atoms with E-state index in [0.29, 0.717) is 5.95 Å². The summed E-state index contributed by atoms with van der Waals surface area (Å²) < 4.78 is 4.86. The molecular weight excluding hydrogens is 232 g/mol. The zero-order chi connectivity index (χ0) is 12.1. The molecule has 0 saturated carbocycles. The molecule has 0 aliphatic rings. The van der Waals surface area contributed by atoms with Gasteiger partial charge < -0.3 is 15.2 Å². The van der Waals surface area contributed by atoms with Crippen molar-refractivity contribution in [2.45, 2.75) is 19.9 Å². The van der Waals surface area contributed by atoms with Gasteiger partial charge in [0.05, 0.1) is 19.8 Å². The van der Waals surface area contributed by atoms with Gasteiger partial charge in [0.2, 0.25) is 11.2 Å². The molecule has 0 radical (unpaired) electrons. The highest BCUT2D eigenvalue weighted by atomic mass is 35.5. The summed E-state index contributed by atoms with van der Waals surface area (Å²) in [4.78, 5) is 11.6. The molecule has 0 amide bonds. The normalized spacial score (nSPS) is 12.6. The van der Waals surface area contributed by atoms with E-state index in [4.69, 9.17) is 21.4 Å². The van der Waals surface area contributed by atoms with Gasteiger partial charge in [-0.05, 0) is 17.5 Å². The summed E-state index contributed by atoms with van der Waals surface area (Å²) in [6.45, 7) is 3.95. The topological polar surface area (TPSA) is 80.2 Å². The summed E-state index contributed by atoms with van der Waals surface area (Å²) in [6.07, 6.45) is 0. The molecule has 0 saturated heterocycles. The lowest BCUT2D eigenvalue weighted by atomic mass is 10.1. The molecule has 0 bridgehead atoms. The average molecular weight is 247 g/mol. The Morgan fingerprint density at radius 2 is 2.06 bits per heavy atom. The molecule has 0 aromatic carbocycles. The number of nitrogens with one attached hydrogen (secondary N) is 1. The number of hydrogen-bond donors (Lipinski definition) is 2. The highest BCUT2D eigenvalue weighted by molar-refractivity contribution is 6.28. The predicted octanol–water partition coefficient (Wildman–Crippen LogP) is 0.962. The van der Waals surface area contributed by atoms with E-state index in [1.54, 1.807) is 0 Å². The first-order valence-corrected chi connectivity index (χ1v) is 5.27. The van der Waals surface area contributed by atoms with Gasteiger partial charge in [0, 0.05) is 0 Å². The maximum Gasteiger partial charge on any atom is 0.322 e. The lowest BCUT2D eigenvalue weighted by Crippen LogP contribution is -2.30. The Hall–Kier alpha value is -1.14. The van der Waals surface area contributed by atoms with Crippen molar-refractivity contribution in [2.24, 2.45) is 5.92 Å². The van der Waals surface area contributed by atoms with Crippen molar-refractivity contribution in [1.82, 2.24) is 15.0 Å². The molecule has 1 unspecified atom stereocenters. The van der Waals surface area contributed by atoms with Crippen LogP contribution in [0.15, 0.2) is 0 Å². The number of methoxy groups -OCH3 is 1. The largest absolute Gasteiger partial charge is 0.467 e. The molecule has 1 aromatic heterocycles. The van der Waals surface area contributed by atoms with Crippen LogP contribution in [0.1, 0.15) is 13.8 Å². The van der Waals surface area contributed by atoms with Crippen LogP contribution in [0.4, 0.5) is 5.95 Å². The number of anilines is 1. The van der Waals surface area contributed by atoms with Gasteiger partial charge in [-0.2, -0.15) is 15.0 Å². The van der Waals surface area contributed by atoms with E-state index in [-0.39, 0.29) is 29.9 Å². The number of ether oxygens (including phenoxy) is 1. The molecule has 1 aromatic rings. The second-order valence-electron chi connectivity index (χ2n) is 3.59. The summed E-state index contributed by atoms with van der Waals surface area (Å²) in [6, 6.07) is 0.00567. The maximum atomic E-state index is 9.16. The first kappa shape index (κ1) is 12.9. The third-order valence-electron chi connectivity index (χ3n) is 2.09. The van der Waals surface area contributed by atoms with Crippen molar-refractivity contribution in [3.63, 3.8) is 0 Å². The van der Waals surface area contributed by atoms with E-state index in [0.717, 1.165) is 0 Å². The zero-order valence-electron chi connectivity index (χ0n) is 9.44. The summed E-state index contributed by atoms with van der Waals surface area (Å²) in [7, 11) is 1.45. The molecule has 0 aliphatic carbocycles. The number of nitrogens with zero attached hydrogens (tertiary/aromatic N) is 3. The number of aliphatic hydroxyl groups excluding tert-OH is 1. The Morgan fingerprint density at radius 3 is 2.56 bits per heavy atom. The summed E-state index contributed by atoms with van der Waals surface area (Å²) in [5.41, 5.74) is 0. The van der Waals surface area contributed by atoms with E-state index < -0.39 is 0 Å². The van der Waals surface area contributed by atoms with Crippen molar-refractivity contribution >= 4 is 17.5 Å². The van der Waals surface area contributed by atoms with Gasteiger partial charge in [0.15, 0.2) is 0 Å². The molecule has 0 fully saturated rings. The SMILES string of the molecule is COc1nc(Cl)nc(NC(CO)C(C)C)n1. The molecule has 1 heterocycles. The Bertz CT molecular complexity index is 348. The van der Waals surface area contributed by atoms with Gasteiger partial charge in [-0.3, -0.25) is 0 Å². The molecule has 0 aliphatic heterocycles. The van der Waals surface area contributed by atoms with Crippen molar-refractivity contribution in [3.05, 3.63) is 5.28 Å². The van der Waals surface area contributed by atoms with Crippen molar-refractivity contribution < 1.29 is 9.84 Å². The quantitative estimate of drug-likeness (QED) is 0.806. The second kappa shape index (κ2) is 5.81. The highest BCUT2D eigenvalue weighted by Gasteiger charge is 2.14. The molecule has 2 N–H and O–H groups in total. The molecule has 1 rings (SSSR count). The smallest absolute Gasteiger partial charge is 0.322 e. The van der Waals surface area contributed by atoms with Crippen LogP contribution in [0.25, 0.3) is 0 Å². The number of halogens is 1.